The van der Waals surface area contributed by atoms with Crippen molar-refractivity contribution in [2.24, 2.45) is 0 Å². The van der Waals surface area contributed by atoms with Crippen LogP contribution in [0.25, 0.3) is 0 Å². The van der Waals surface area contributed by atoms with Crippen LogP contribution in [-0.4, -0.2) is 35.1 Å². The van der Waals surface area contributed by atoms with E-state index in [4.69, 9.17) is 17.3 Å². The van der Waals surface area contributed by atoms with Crippen molar-refractivity contribution in [3.05, 3.63) is 23.0 Å². The molecule has 0 fully saturated rings. The number of rotatable bonds is 4. The fraction of sp³-hybridized carbons (Fsp3) is 0.455. The van der Waals surface area contributed by atoms with Gasteiger partial charge < -0.3 is 10.6 Å². The monoisotopic (exact) mass is 295 g/mol. The van der Waals surface area contributed by atoms with Gasteiger partial charge in [0.1, 0.15) is 11.7 Å². The molecule has 1 heterocycles. The van der Waals surface area contributed by atoms with Gasteiger partial charge in [0, 0.05) is 6.54 Å². The highest BCUT2D eigenvalue weighted by Gasteiger charge is 2.33. The molecular formula is C11H13ClF3N3O. The maximum Gasteiger partial charge on any atom is 0.406 e. The molecule has 0 aliphatic rings. The minimum Gasteiger partial charge on any atom is -0.397 e. The van der Waals surface area contributed by atoms with Crippen LogP contribution in [0.1, 0.15) is 23.7 Å². The minimum absolute atomic E-state index is 0.0243. The lowest BCUT2D eigenvalue weighted by molar-refractivity contribution is -0.140. The second-order valence-electron chi connectivity index (χ2n) is 3.95. The molecule has 0 aliphatic carbocycles. The molecular weight excluding hydrogens is 283 g/mol. The van der Waals surface area contributed by atoms with Crippen molar-refractivity contribution >= 4 is 23.2 Å². The molecule has 0 radical (unpaired) electrons. The average Bonchev–Trinajstić information content (AvgIpc) is 2.29. The Morgan fingerprint density at radius 1 is 1.53 bits per heavy atom. The number of aromatic nitrogens is 1. The van der Waals surface area contributed by atoms with Crippen molar-refractivity contribution in [1.29, 1.82) is 0 Å². The molecule has 1 aromatic heterocycles. The molecule has 1 amide bonds. The van der Waals surface area contributed by atoms with Gasteiger partial charge in [-0.2, -0.15) is 13.2 Å². The van der Waals surface area contributed by atoms with Crippen LogP contribution < -0.4 is 5.73 Å². The second kappa shape index (κ2) is 6.10. The summed E-state index contributed by atoms with van der Waals surface area (Å²) in [7, 11) is 0. The predicted molar refractivity (Wildman–Crippen MR) is 65.9 cm³/mol. The Bertz CT molecular complexity index is 465. The van der Waals surface area contributed by atoms with Crippen molar-refractivity contribution in [1.82, 2.24) is 9.88 Å². The van der Waals surface area contributed by atoms with E-state index in [1.54, 1.807) is 6.92 Å². The molecule has 19 heavy (non-hydrogen) atoms. The Morgan fingerprint density at radius 3 is 2.68 bits per heavy atom. The van der Waals surface area contributed by atoms with Gasteiger partial charge in [-0.25, -0.2) is 4.98 Å². The highest BCUT2D eigenvalue weighted by Crippen LogP contribution is 2.22. The molecule has 0 aromatic carbocycles. The summed E-state index contributed by atoms with van der Waals surface area (Å²) >= 11 is 5.71. The molecule has 1 aromatic rings. The lowest BCUT2D eigenvalue weighted by Crippen LogP contribution is -2.39. The fourth-order valence-corrected chi connectivity index (χ4v) is 1.71. The molecule has 0 atom stereocenters. The van der Waals surface area contributed by atoms with E-state index in [1.165, 1.54) is 12.3 Å². The first-order valence-corrected chi connectivity index (χ1v) is 5.89. The number of nitrogen functional groups attached to an aromatic ring is 1. The van der Waals surface area contributed by atoms with E-state index in [-0.39, 0.29) is 22.9 Å². The first-order chi connectivity index (χ1) is 8.74. The number of amides is 1. The van der Waals surface area contributed by atoms with Crippen molar-refractivity contribution in [3.63, 3.8) is 0 Å². The highest BCUT2D eigenvalue weighted by molar-refractivity contribution is 6.32. The summed E-state index contributed by atoms with van der Waals surface area (Å²) in [5, 5.41) is -0.164. The summed E-state index contributed by atoms with van der Waals surface area (Å²) in [5.41, 5.74) is 5.49. The van der Waals surface area contributed by atoms with E-state index in [9.17, 15) is 18.0 Å². The van der Waals surface area contributed by atoms with Crippen LogP contribution in [0, 0.1) is 0 Å². The Labute approximate surface area is 113 Å². The second-order valence-corrected chi connectivity index (χ2v) is 4.31. The molecule has 1 rings (SSSR count). The van der Waals surface area contributed by atoms with E-state index in [0.717, 1.165) is 0 Å². The number of nitrogens with zero attached hydrogens (tertiary/aromatic N) is 2. The average molecular weight is 296 g/mol. The molecule has 2 N–H and O–H groups in total. The van der Waals surface area contributed by atoms with Gasteiger partial charge in [-0.15, -0.1) is 0 Å². The van der Waals surface area contributed by atoms with Crippen LogP contribution >= 0.6 is 11.6 Å². The SMILES string of the molecule is CCCN(CC(F)(F)F)C(=O)c1cc(N)cnc1Cl. The summed E-state index contributed by atoms with van der Waals surface area (Å²) < 4.78 is 37.3. The van der Waals surface area contributed by atoms with Gasteiger partial charge >= 0.3 is 6.18 Å². The topological polar surface area (TPSA) is 59.2 Å². The van der Waals surface area contributed by atoms with E-state index >= 15 is 0 Å². The largest absolute Gasteiger partial charge is 0.406 e. The number of carbonyl (C=O) groups excluding carboxylic acids is 1. The van der Waals surface area contributed by atoms with E-state index < -0.39 is 18.6 Å². The van der Waals surface area contributed by atoms with Gasteiger partial charge in [0.25, 0.3) is 5.91 Å². The standard InChI is InChI=1S/C11H13ClF3N3O/c1-2-3-18(6-11(13,14)15)10(19)8-4-7(16)5-17-9(8)12/h4-5H,2-3,6,16H2,1H3. The number of anilines is 1. The maximum absolute atomic E-state index is 12.4. The van der Waals surface area contributed by atoms with Crippen LogP contribution in [0.4, 0.5) is 18.9 Å². The van der Waals surface area contributed by atoms with E-state index in [0.29, 0.717) is 11.3 Å². The molecule has 0 saturated carbocycles. The van der Waals surface area contributed by atoms with Crippen LogP contribution in [0.5, 0.6) is 0 Å². The molecule has 0 spiro atoms. The normalized spacial score (nSPS) is 11.4. The summed E-state index contributed by atoms with van der Waals surface area (Å²) in [6, 6.07) is 1.22. The van der Waals surface area contributed by atoms with Crippen LogP contribution in [0.15, 0.2) is 12.3 Å². The molecule has 8 heteroatoms. The van der Waals surface area contributed by atoms with Gasteiger partial charge in [0.2, 0.25) is 0 Å². The lowest BCUT2D eigenvalue weighted by atomic mass is 10.2. The summed E-state index contributed by atoms with van der Waals surface area (Å²) in [6.45, 7) is 0.324. The van der Waals surface area contributed by atoms with Crippen LogP contribution in [-0.2, 0) is 0 Å². The van der Waals surface area contributed by atoms with Crippen LogP contribution in [0.2, 0.25) is 5.15 Å². The first-order valence-electron chi connectivity index (χ1n) is 5.51. The van der Waals surface area contributed by atoms with E-state index in [2.05, 4.69) is 4.98 Å². The molecule has 4 nitrogen and oxygen atoms in total. The highest BCUT2D eigenvalue weighted by atomic mass is 35.5. The minimum atomic E-state index is -4.47. The molecule has 0 saturated heterocycles. The third-order valence-electron chi connectivity index (χ3n) is 2.24. The number of carbonyl (C=O) groups is 1. The van der Waals surface area contributed by atoms with E-state index in [1.807, 2.05) is 0 Å². The molecule has 106 valence electrons. The van der Waals surface area contributed by atoms with Gasteiger partial charge in [0.15, 0.2) is 0 Å². The molecule has 0 unspecified atom stereocenters. The lowest BCUT2D eigenvalue weighted by Gasteiger charge is -2.23. The third-order valence-corrected chi connectivity index (χ3v) is 2.54. The van der Waals surface area contributed by atoms with Gasteiger partial charge in [-0.1, -0.05) is 18.5 Å². The number of halogens is 4. The summed E-state index contributed by atoms with van der Waals surface area (Å²) in [6.07, 6.45) is -2.84. The van der Waals surface area contributed by atoms with Gasteiger partial charge in [0.05, 0.1) is 17.4 Å². The maximum atomic E-state index is 12.4. The Kier molecular flexibility index (Phi) is 4.99. The Morgan fingerprint density at radius 2 is 2.16 bits per heavy atom. The molecule has 0 bridgehead atoms. The quantitative estimate of drug-likeness (QED) is 0.869. The summed E-state index contributed by atoms with van der Waals surface area (Å²) in [5.74, 6) is -0.830. The third kappa shape index (κ3) is 4.59. The van der Waals surface area contributed by atoms with Gasteiger partial charge in [-0.05, 0) is 12.5 Å². The predicted octanol–water partition coefficient (Wildman–Crippen LogP) is 2.73. The number of nitrogens with two attached hydrogens (primary N) is 1. The van der Waals surface area contributed by atoms with Crippen molar-refractivity contribution in [2.45, 2.75) is 19.5 Å². The smallest absolute Gasteiger partial charge is 0.397 e. The first kappa shape index (κ1) is 15.6. The zero-order valence-electron chi connectivity index (χ0n) is 10.2. The number of hydrogen-bond donors (Lipinski definition) is 1. The molecule has 0 aliphatic heterocycles. The van der Waals surface area contributed by atoms with Gasteiger partial charge in [-0.3, -0.25) is 4.79 Å². The zero-order chi connectivity index (χ0) is 14.6. The number of pyridine rings is 1. The van der Waals surface area contributed by atoms with Crippen molar-refractivity contribution in [3.8, 4) is 0 Å². The van der Waals surface area contributed by atoms with Crippen LogP contribution in [0.3, 0.4) is 0 Å². The van der Waals surface area contributed by atoms with Crippen molar-refractivity contribution < 1.29 is 18.0 Å². The Balaban J connectivity index is 3.02. The van der Waals surface area contributed by atoms with Crippen molar-refractivity contribution in [2.75, 3.05) is 18.8 Å². The fourth-order valence-electron chi connectivity index (χ4n) is 1.52. The zero-order valence-corrected chi connectivity index (χ0v) is 10.9. The number of hydrogen-bond acceptors (Lipinski definition) is 3. The number of alkyl halides is 3. The Hall–Kier alpha value is -1.50. The summed E-state index contributed by atoms with van der Waals surface area (Å²) in [4.78, 5) is 16.4.